The standard InChI is InChI=1S/C17H21N7/c1-2-11-8-12(19-6-3-5-18)9-13(11)17-23-22-15-10-21-16-14(24(15)17)4-7-20-16/h4,7,10-13,19-20H,2-3,6,8-9H2,1H3/t11-,12+,13+/m1/s1. The average Bonchev–Trinajstić information content (AvgIpc) is 3.31. The van der Waals surface area contributed by atoms with Gasteiger partial charge in [0.2, 0.25) is 0 Å². The summed E-state index contributed by atoms with van der Waals surface area (Å²) < 4.78 is 2.14. The van der Waals surface area contributed by atoms with E-state index in [0.717, 1.165) is 48.4 Å². The number of hydrogen-bond donors (Lipinski definition) is 2. The van der Waals surface area contributed by atoms with E-state index in [4.69, 9.17) is 5.26 Å². The van der Waals surface area contributed by atoms with E-state index >= 15 is 0 Å². The van der Waals surface area contributed by atoms with E-state index in [1.807, 2.05) is 12.3 Å². The number of fused-ring (bicyclic) bond motifs is 3. The molecule has 0 bridgehead atoms. The van der Waals surface area contributed by atoms with Crippen molar-refractivity contribution in [2.75, 3.05) is 6.54 Å². The van der Waals surface area contributed by atoms with Gasteiger partial charge in [0.15, 0.2) is 11.3 Å². The Morgan fingerprint density at radius 2 is 2.33 bits per heavy atom. The summed E-state index contributed by atoms with van der Waals surface area (Å²) in [6.45, 7) is 3.00. The van der Waals surface area contributed by atoms with Gasteiger partial charge in [0.25, 0.3) is 0 Å². The van der Waals surface area contributed by atoms with Gasteiger partial charge in [-0.05, 0) is 24.8 Å². The van der Waals surface area contributed by atoms with Gasteiger partial charge in [-0.3, -0.25) is 4.40 Å². The second-order valence-electron chi connectivity index (χ2n) is 6.53. The number of hydrogen-bond acceptors (Lipinski definition) is 5. The number of aromatic nitrogens is 5. The van der Waals surface area contributed by atoms with Crippen molar-refractivity contribution in [1.29, 1.82) is 5.26 Å². The first-order valence-corrected chi connectivity index (χ1v) is 8.59. The molecule has 1 fully saturated rings. The lowest BCUT2D eigenvalue weighted by Gasteiger charge is -2.16. The van der Waals surface area contributed by atoms with Crippen LogP contribution in [0.5, 0.6) is 0 Å². The Hall–Kier alpha value is -2.46. The SMILES string of the molecule is CC[C@@H]1C[C@H](NCCC#N)C[C@@H]1c1nnc2cnc3[nH]ccc3n12. The molecule has 2 N–H and O–H groups in total. The van der Waals surface area contributed by atoms with Crippen LogP contribution in [0.15, 0.2) is 18.5 Å². The van der Waals surface area contributed by atoms with Crippen molar-refractivity contribution in [3.05, 3.63) is 24.3 Å². The fourth-order valence-corrected chi connectivity index (χ4v) is 4.03. The number of nitriles is 1. The quantitative estimate of drug-likeness (QED) is 0.703. The van der Waals surface area contributed by atoms with E-state index in [2.05, 4.69) is 42.9 Å². The Labute approximate surface area is 140 Å². The Morgan fingerprint density at radius 3 is 3.17 bits per heavy atom. The normalized spacial score (nSPS) is 23.9. The summed E-state index contributed by atoms with van der Waals surface area (Å²) in [5.41, 5.74) is 2.69. The van der Waals surface area contributed by atoms with Crippen molar-refractivity contribution in [3.63, 3.8) is 0 Å². The second kappa shape index (κ2) is 6.21. The maximum Gasteiger partial charge on any atom is 0.179 e. The summed E-state index contributed by atoms with van der Waals surface area (Å²) >= 11 is 0. The van der Waals surface area contributed by atoms with Crippen LogP contribution >= 0.6 is 0 Å². The molecule has 0 radical (unpaired) electrons. The zero-order chi connectivity index (χ0) is 16.5. The van der Waals surface area contributed by atoms with Gasteiger partial charge in [-0.1, -0.05) is 13.3 Å². The summed E-state index contributed by atoms with van der Waals surface area (Å²) in [5, 5.41) is 21.1. The van der Waals surface area contributed by atoms with Gasteiger partial charge < -0.3 is 10.3 Å². The predicted octanol–water partition coefficient (Wildman–Crippen LogP) is 2.38. The largest absolute Gasteiger partial charge is 0.345 e. The molecular weight excluding hydrogens is 302 g/mol. The zero-order valence-electron chi connectivity index (χ0n) is 13.7. The number of nitrogens with one attached hydrogen (secondary N) is 2. The second-order valence-corrected chi connectivity index (χ2v) is 6.53. The summed E-state index contributed by atoms with van der Waals surface area (Å²) in [4.78, 5) is 7.55. The van der Waals surface area contributed by atoms with Gasteiger partial charge in [0.1, 0.15) is 5.82 Å². The highest BCUT2D eigenvalue weighted by Crippen LogP contribution is 2.41. The zero-order valence-corrected chi connectivity index (χ0v) is 13.7. The predicted molar refractivity (Wildman–Crippen MR) is 90.4 cm³/mol. The van der Waals surface area contributed by atoms with Crippen molar-refractivity contribution in [1.82, 2.24) is 29.9 Å². The van der Waals surface area contributed by atoms with E-state index in [1.165, 1.54) is 0 Å². The van der Waals surface area contributed by atoms with Gasteiger partial charge in [0.05, 0.1) is 17.8 Å². The van der Waals surface area contributed by atoms with Gasteiger partial charge in [-0.25, -0.2) is 4.98 Å². The first-order chi connectivity index (χ1) is 11.8. The highest BCUT2D eigenvalue weighted by atomic mass is 15.3. The van der Waals surface area contributed by atoms with Crippen LogP contribution < -0.4 is 5.32 Å². The molecule has 1 aliphatic rings. The summed E-state index contributed by atoms with van der Waals surface area (Å²) in [6.07, 6.45) is 7.52. The molecule has 4 rings (SSSR count). The fraction of sp³-hybridized carbons (Fsp3) is 0.529. The van der Waals surface area contributed by atoms with Crippen LogP contribution in [0.25, 0.3) is 16.8 Å². The summed E-state index contributed by atoms with van der Waals surface area (Å²) in [6, 6.07) is 4.67. The van der Waals surface area contributed by atoms with E-state index in [9.17, 15) is 0 Å². The molecule has 24 heavy (non-hydrogen) atoms. The van der Waals surface area contributed by atoms with Crippen LogP contribution in [0, 0.1) is 17.2 Å². The minimum absolute atomic E-state index is 0.380. The van der Waals surface area contributed by atoms with Crippen LogP contribution in [0.1, 0.15) is 44.3 Å². The molecule has 0 amide bonds. The fourth-order valence-electron chi connectivity index (χ4n) is 4.03. The molecule has 7 nitrogen and oxygen atoms in total. The van der Waals surface area contributed by atoms with Crippen molar-refractivity contribution < 1.29 is 0 Å². The molecule has 3 aromatic rings. The maximum atomic E-state index is 8.72. The minimum atomic E-state index is 0.380. The lowest BCUT2D eigenvalue weighted by atomic mass is 9.93. The minimum Gasteiger partial charge on any atom is -0.345 e. The molecule has 0 saturated heterocycles. The summed E-state index contributed by atoms with van der Waals surface area (Å²) in [7, 11) is 0. The third-order valence-electron chi connectivity index (χ3n) is 5.19. The van der Waals surface area contributed by atoms with Gasteiger partial charge in [0, 0.05) is 31.1 Å². The van der Waals surface area contributed by atoms with Crippen molar-refractivity contribution in [2.24, 2.45) is 5.92 Å². The van der Waals surface area contributed by atoms with E-state index in [1.54, 1.807) is 6.20 Å². The van der Waals surface area contributed by atoms with E-state index in [0.29, 0.717) is 24.3 Å². The van der Waals surface area contributed by atoms with E-state index in [-0.39, 0.29) is 0 Å². The molecular formula is C17H21N7. The first kappa shape index (κ1) is 15.1. The third-order valence-corrected chi connectivity index (χ3v) is 5.19. The molecule has 124 valence electrons. The highest BCUT2D eigenvalue weighted by molar-refractivity contribution is 5.74. The van der Waals surface area contributed by atoms with Crippen LogP contribution in [0.4, 0.5) is 0 Å². The van der Waals surface area contributed by atoms with Crippen LogP contribution in [0.2, 0.25) is 0 Å². The Morgan fingerprint density at radius 1 is 1.42 bits per heavy atom. The van der Waals surface area contributed by atoms with E-state index < -0.39 is 0 Å². The number of aromatic amines is 1. The Balaban J connectivity index is 1.68. The first-order valence-electron chi connectivity index (χ1n) is 8.59. The van der Waals surface area contributed by atoms with Crippen LogP contribution in [0.3, 0.4) is 0 Å². The smallest absolute Gasteiger partial charge is 0.179 e. The molecule has 0 aliphatic heterocycles. The molecule has 3 heterocycles. The highest BCUT2D eigenvalue weighted by Gasteiger charge is 2.36. The number of rotatable bonds is 5. The van der Waals surface area contributed by atoms with Crippen LogP contribution in [-0.2, 0) is 0 Å². The van der Waals surface area contributed by atoms with Gasteiger partial charge in [-0.15, -0.1) is 10.2 Å². The molecule has 3 aromatic heterocycles. The molecule has 0 spiro atoms. The molecule has 0 unspecified atom stereocenters. The lowest BCUT2D eigenvalue weighted by molar-refractivity contribution is 0.445. The molecule has 0 aromatic carbocycles. The molecule has 7 heteroatoms. The Kier molecular flexibility index (Phi) is 3.90. The molecule has 3 atom stereocenters. The topological polar surface area (TPSA) is 94.7 Å². The van der Waals surface area contributed by atoms with Crippen molar-refractivity contribution in [3.8, 4) is 6.07 Å². The molecule has 1 saturated carbocycles. The average molecular weight is 323 g/mol. The Bertz CT molecular complexity index is 887. The monoisotopic (exact) mass is 323 g/mol. The lowest BCUT2D eigenvalue weighted by Crippen LogP contribution is -2.27. The molecule has 1 aliphatic carbocycles. The van der Waals surface area contributed by atoms with Gasteiger partial charge in [-0.2, -0.15) is 5.26 Å². The van der Waals surface area contributed by atoms with Crippen molar-refractivity contribution >= 4 is 16.8 Å². The number of nitrogens with zero attached hydrogens (tertiary/aromatic N) is 5. The van der Waals surface area contributed by atoms with Crippen LogP contribution in [-0.4, -0.2) is 37.2 Å². The van der Waals surface area contributed by atoms with Gasteiger partial charge >= 0.3 is 0 Å². The van der Waals surface area contributed by atoms with Crippen molar-refractivity contribution in [2.45, 2.75) is 44.6 Å². The number of H-pyrrole nitrogens is 1. The third kappa shape index (κ3) is 2.43. The maximum absolute atomic E-state index is 8.72. The summed E-state index contributed by atoms with van der Waals surface area (Å²) in [5.74, 6) is 2.00.